The highest BCUT2D eigenvalue weighted by Gasteiger charge is 2.20. The molecule has 0 spiro atoms. The first-order valence-electron chi connectivity index (χ1n) is 6.58. The van der Waals surface area contributed by atoms with Gasteiger partial charge in [0.25, 0.3) is 0 Å². The average Bonchev–Trinajstić information content (AvgIpc) is 2.89. The van der Waals surface area contributed by atoms with E-state index in [4.69, 9.17) is 11.6 Å². The van der Waals surface area contributed by atoms with Crippen LogP contribution < -0.4 is 5.32 Å². The molecule has 3 nitrogen and oxygen atoms in total. The third-order valence-electron chi connectivity index (χ3n) is 3.19. The second-order valence-corrected chi connectivity index (χ2v) is 5.79. The Labute approximate surface area is 127 Å². The van der Waals surface area contributed by atoms with Crippen LogP contribution >= 0.6 is 23.1 Å². The molecule has 1 heterocycles. The van der Waals surface area contributed by atoms with Crippen LogP contribution in [-0.4, -0.2) is 16.6 Å². The topological polar surface area (TPSA) is 37.8 Å². The van der Waals surface area contributed by atoms with E-state index in [0.29, 0.717) is 12.0 Å². The summed E-state index contributed by atoms with van der Waals surface area (Å²) in [5.41, 5.74) is 1.60. The fourth-order valence-electron chi connectivity index (χ4n) is 2.14. The van der Waals surface area contributed by atoms with Crippen molar-refractivity contribution >= 4 is 23.1 Å². The summed E-state index contributed by atoms with van der Waals surface area (Å²) in [5.74, 6) is -0.344. The zero-order valence-corrected chi connectivity index (χ0v) is 13.1. The van der Waals surface area contributed by atoms with Crippen molar-refractivity contribution in [1.29, 1.82) is 0 Å². The Bertz CT molecular complexity index is 573. The molecule has 0 fully saturated rings. The fourth-order valence-corrected chi connectivity index (χ4v) is 3.14. The number of hydrogen-bond donors (Lipinski definition) is 1. The largest absolute Gasteiger partial charge is 0.312 e. The molecular formula is C14H17ClFN3S. The average molecular weight is 314 g/mol. The number of benzene rings is 1. The molecule has 2 rings (SSSR count). The monoisotopic (exact) mass is 313 g/mol. The van der Waals surface area contributed by atoms with Crippen molar-refractivity contribution in [2.24, 2.45) is 0 Å². The molecule has 0 aliphatic carbocycles. The van der Waals surface area contributed by atoms with Crippen LogP contribution in [0.5, 0.6) is 0 Å². The Morgan fingerprint density at radius 2 is 2.25 bits per heavy atom. The summed E-state index contributed by atoms with van der Waals surface area (Å²) in [6, 6.07) is 5.10. The predicted octanol–water partition coefficient (Wildman–Crippen LogP) is 3.79. The molecule has 1 unspecified atom stereocenters. The first kappa shape index (κ1) is 15.4. The molecule has 2 aromatic rings. The molecule has 1 aromatic carbocycles. The molecule has 108 valence electrons. The molecule has 0 aliphatic heterocycles. The van der Waals surface area contributed by atoms with E-state index in [1.807, 2.05) is 7.05 Å². The van der Waals surface area contributed by atoms with Gasteiger partial charge in [-0.3, -0.25) is 0 Å². The van der Waals surface area contributed by atoms with Gasteiger partial charge in [0, 0.05) is 6.04 Å². The smallest absolute Gasteiger partial charge is 0.145 e. The zero-order chi connectivity index (χ0) is 14.5. The van der Waals surface area contributed by atoms with Crippen LogP contribution in [0.15, 0.2) is 18.2 Å². The Kier molecular flexibility index (Phi) is 5.46. The van der Waals surface area contributed by atoms with Crippen LogP contribution in [0.4, 0.5) is 4.39 Å². The minimum Gasteiger partial charge on any atom is -0.312 e. The molecule has 0 saturated heterocycles. The lowest BCUT2D eigenvalue weighted by atomic mass is 10.0. The van der Waals surface area contributed by atoms with Gasteiger partial charge in [-0.1, -0.05) is 41.6 Å². The molecule has 20 heavy (non-hydrogen) atoms. The maximum atomic E-state index is 14.0. The van der Waals surface area contributed by atoms with Crippen LogP contribution in [-0.2, 0) is 12.8 Å². The molecule has 1 aromatic heterocycles. The predicted molar refractivity (Wildman–Crippen MR) is 80.8 cm³/mol. The molecule has 1 N–H and O–H groups in total. The van der Waals surface area contributed by atoms with Gasteiger partial charge >= 0.3 is 0 Å². The van der Waals surface area contributed by atoms with E-state index in [1.165, 1.54) is 11.5 Å². The minimum atomic E-state index is -0.344. The molecule has 0 radical (unpaired) electrons. The quantitative estimate of drug-likeness (QED) is 0.881. The van der Waals surface area contributed by atoms with Gasteiger partial charge in [0.05, 0.1) is 15.6 Å². The van der Waals surface area contributed by atoms with Crippen molar-refractivity contribution in [3.05, 3.63) is 45.2 Å². The van der Waals surface area contributed by atoms with E-state index in [0.717, 1.165) is 23.4 Å². The summed E-state index contributed by atoms with van der Waals surface area (Å²) >= 11 is 7.20. The number of aromatic nitrogens is 2. The molecular weight excluding hydrogens is 297 g/mol. The van der Waals surface area contributed by atoms with Gasteiger partial charge in [-0.2, -0.15) is 0 Å². The standard InChI is InChI=1S/C14H17ClFN3S/c1-3-5-11-14(20-19-18-11)12(17-2)8-9-6-4-7-10(15)13(9)16/h4,6-7,12,17H,3,5,8H2,1-2H3. The number of nitrogens with one attached hydrogen (secondary N) is 1. The van der Waals surface area contributed by atoms with E-state index in [1.54, 1.807) is 18.2 Å². The minimum absolute atomic E-state index is 0.00418. The summed E-state index contributed by atoms with van der Waals surface area (Å²) in [7, 11) is 1.86. The van der Waals surface area contributed by atoms with E-state index < -0.39 is 0 Å². The number of nitrogens with zero attached hydrogens (tertiary/aromatic N) is 2. The molecule has 1 atom stereocenters. The number of hydrogen-bond acceptors (Lipinski definition) is 4. The second kappa shape index (κ2) is 7.11. The van der Waals surface area contributed by atoms with Crippen molar-refractivity contribution in [1.82, 2.24) is 14.9 Å². The van der Waals surface area contributed by atoms with Crippen LogP contribution in [0, 0.1) is 5.82 Å². The second-order valence-electron chi connectivity index (χ2n) is 4.59. The van der Waals surface area contributed by atoms with Crippen LogP contribution in [0.25, 0.3) is 0 Å². The number of halogens is 2. The zero-order valence-electron chi connectivity index (χ0n) is 11.5. The van der Waals surface area contributed by atoms with Gasteiger partial charge in [-0.05, 0) is 43.1 Å². The molecule has 0 aliphatic rings. The normalized spacial score (nSPS) is 12.6. The van der Waals surface area contributed by atoms with Crippen LogP contribution in [0.1, 0.15) is 35.5 Å². The lowest BCUT2D eigenvalue weighted by Crippen LogP contribution is -2.19. The van der Waals surface area contributed by atoms with Gasteiger partial charge in [0.1, 0.15) is 5.82 Å². The van der Waals surface area contributed by atoms with Gasteiger partial charge in [0.2, 0.25) is 0 Å². The van der Waals surface area contributed by atoms with Gasteiger partial charge in [-0.25, -0.2) is 4.39 Å². The van der Waals surface area contributed by atoms with E-state index in [9.17, 15) is 4.39 Å². The maximum Gasteiger partial charge on any atom is 0.145 e. The van der Waals surface area contributed by atoms with E-state index in [-0.39, 0.29) is 16.9 Å². The summed E-state index contributed by atoms with van der Waals surface area (Å²) in [5, 5.41) is 7.54. The molecule has 0 amide bonds. The highest BCUT2D eigenvalue weighted by molar-refractivity contribution is 7.05. The summed E-state index contributed by atoms with van der Waals surface area (Å²) in [6.07, 6.45) is 2.44. The number of aryl methyl sites for hydroxylation is 1. The molecule has 0 bridgehead atoms. The highest BCUT2D eigenvalue weighted by atomic mass is 35.5. The summed E-state index contributed by atoms with van der Waals surface area (Å²) in [4.78, 5) is 1.08. The first-order valence-corrected chi connectivity index (χ1v) is 7.73. The lowest BCUT2D eigenvalue weighted by Gasteiger charge is -2.16. The number of rotatable bonds is 6. The van der Waals surface area contributed by atoms with Crippen LogP contribution in [0.3, 0.4) is 0 Å². The van der Waals surface area contributed by atoms with Crippen molar-refractivity contribution in [2.75, 3.05) is 7.05 Å². The van der Waals surface area contributed by atoms with Crippen molar-refractivity contribution in [3.8, 4) is 0 Å². The SMILES string of the molecule is CCCc1nnsc1C(Cc1cccc(Cl)c1F)NC. The Hall–Kier alpha value is -1.04. The summed E-state index contributed by atoms with van der Waals surface area (Å²) in [6.45, 7) is 2.11. The third kappa shape index (κ3) is 3.34. The third-order valence-corrected chi connectivity index (χ3v) is 4.36. The van der Waals surface area contributed by atoms with E-state index >= 15 is 0 Å². The number of likely N-dealkylation sites (N-methyl/N-ethyl adjacent to an activating group) is 1. The maximum absolute atomic E-state index is 14.0. The Balaban J connectivity index is 2.24. The van der Waals surface area contributed by atoms with Crippen LogP contribution in [0.2, 0.25) is 5.02 Å². The Morgan fingerprint density at radius 1 is 1.45 bits per heavy atom. The summed E-state index contributed by atoms with van der Waals surface area (Å²) < 4.78 is 18.0. The van der Waals surface area contributed by atoms with Crippen molar-refractivity contribution < 1.29 is 4.39 Å². The molecule has 0 saturated carbocycles. The highest BCUT2D eigenvalue weighted by Crippen LogP contribution is 2.27. The van der Waals surface area contributed by atoms with Gasteiger partial charge in [-0.15, -0.1) is 5.10 Å². The van der Waals surface area contributed by atoms with E-state index in [2.05, 4.69) is 21.8 Å². The molecule has 6 heteroatoms. The first-order chi connectivity index (χ1) is 9.67. The lowest BCUT2D eigenvalue weighted by molar-refractivity contribution is 0.556. The van der Waals surface area contributed by atoms with Gasteiger partial charge in [0.15, 0.2) is 0 Å². The van der Waals surface area contributed by atoms with Gasteiger partial charge < -0.3 is 5.32 Å². The van der Waals surface area contributed by atoms with Crippen molar-refractivity contribution in [2.45, 2.75) is 32.2 Å². The van der Waals surface area contributed by atoms with Crippen molar-refractivity contribution in [3.63, 3.8) is 0 Å². The Morgan fingerprint density at radius 3 is 2.95 bits per heavy atom. The fraction of sp³-hybridized carbons (Fsp3) is 0.429.